The van der Waals surface area contributed by atoms with Gasteiger partial charge in [-0.1, -0.05) is 13.8 Å². The zero-order chi connectivity index (χ0) is 12.5. The Morgan fingerprint density at radius 1 is 1.31 bits per heavy atom. The van der Waals surface area contributed by atoms with Crippen molar-refractivity contribution in [3.8, 4) is 0 Å². The van der Waals surface area contributed by atoms with Crippen LogP contribution in [0.1, 0.15) is 29.8 Å². The molecule has 0 spiro atoms. The average Bonchev–Trinajstić information content (AvgIpc) is 2.16. The van der Waals surface area contributed by atoms with E-state index in [0.717, 1.165) is 12.1 Å². The van der Waals surface area contributed by atoms with E-state index in [2.05, 4.69) is 0 Å². The van der Waals surface area contributed by atoms with E-state index in [4.69, 9.17) is 10.2 Å². The second-order valence-corrected chi connectivity index (χ2v) is 4.16. The number of halogens is 2. The van der Waals surface area contributed by atoms with Gasteiger partial charge in [0.15, 0.2) is 0 Å². The van der Waals surface area contributed by atoms with E-state index in [0.29, 0.717) is 0 Å². The molecule has 5 heteroatoms. The molecule has 0 bridgehead atoms. The highest BCUT2D eigenvalue weighted by Gasteiger charge is 2.28. The molecule has 1 rings (SSSR count). The Hall–Kier alpha value is -1.49. The summed E-state index contributed by atoms with van der Waals surface area (Å²) in [6.45, 7) is 2.50. The average molecular weight is 230 g/mol. The van der Waals surface area contributed by atoms with Crippen molar-refractivity contribution in [3.05, 3.63) is 34.9 Å². The number of benzene rings is 1. The number of carboxylic acid groups (broad SMARTS) is 1. The molecule has 16 heavy (non-hydrogen) atoms. The Morgan fingerprint density at radius 2 is 1.75 bits per heavy atom. The summed E-state index contributed by atoms with van der Waals surface area (Å²) < 4.78 is 27.1. The quantitative estimate of drug-likeness (QED) is 0.834. The number of carboxylic acids is 1. The van der Waals surface area contributed by atoms with E-state index >= 15 is 0 Å². The molecule has 0 atom stereocenters. The summed E-state index contributed by atoms with van der Waals surface area (Å²) in [5.41, 5.74) is -1.85. The lowest BCUT2D eigenvalue weighted by Gasteiger charge is -2.23. The Kier molecular flexibility index (Phi) is 3.28. The molecule has 0 radical (unpaired) electrons. The summed E-state index contributed by atoms with van der Waals surface area (Å²) in [6, 6.07) is 1.50. The molecular formula is C11H12F2O3. The third kappa shape index (κ3) is 2.19. The van der Waals surface area contributed by atoms with Crippen molar-refractivity contribution in [2.45, 2.75) is 19.3 Å². The van der Waals surface area contributed by atoms with Crippen molar-refractivity contribution in [1.29, 1.82) is 0 Å². The molecule has 0 fully saturated rings. The fourth-order valence-electron chi connectivity index (χ4n) is 1.42. The number of hydrogen-bond donors (Lipinski definition) is 2. The lowest BCUT2D eigenvalue weighted by Crippen LogP contribution is -2.25. The lowest BCUT2D eigenvalue weighted by atomic mass is 9.84. The summed E-state index contributed by atoms with van der Waals surface area (Å²) >= 11 is 0. The van der Waals surface area contributed by atoms with Crippen molar-refractivity contribution in [2.75, 3.05) is 6.61 Å². The van der Waals surface area contributed by atoms with Gasteiger partial charge in [0.25, 0.3) is 0 Å². The first-order valence-corrected chi connectivity index (χ1v) is 4.63. The maximum Gasteiger partial charge on any atom is 0.335 e. The van der Waals surface area contributed by atoms with Gasteiger partial charge in [0, 0.05) is 11.0 Å². The second kappa shape index (κ2) is 4.17. The predicted molar refractivity (Wildman–Crippen MR) is 53.4 cm³/mol. The highest BCUT2D eigenvalue weighted by atomic mass is 19.1. The van der Waals surface area contributed by atoms with Crippen LogP contribution >= 0.6 is 0 Å². The van der Waals surface area contributed by atoms with Crippen molar-refractivity contribution >= 4 is 5.97 Å². The SMILES string of the molecule is CC(C)(CO)c1c(F)cc(C(=O)O)cc1F. The molecule has 3 nitrogen and oxygen atoms in total. The molecule has 0 aliphatic rings. The Morgan fingerprint density at radius 3 is 2.06 bits per heavy atom. The van der Waals surface area contributed by atoms with Gasteiger partial charge in [-0.05, 0) is 12.1 Å². The molecule has 0 saturated carbocycles. The maximum atomic E-state index is 13.5. The molecule has 0 aliphatic heterocycles. The Bertz CT molecular complexity index is 404. The van der Waals surface area contributed by atoms with Crippen molar-refractivity contribution in [2.24, 2.45) is 0 Å². The number of aliphatic hydroxyl groups is 1. The van der Waals surface area contributed by atoms with Gasteiger partial charge in [0.05, 0.1) is 12.2 Å². The van der Waals surface area contributed by atoms with E-state index in [-0.39, 0.29) is 5.56 Å². The smallest absolute Gasteiger partial charge is 0.335 e. The van der Waals surface area contributed by atoms with Gasteiger partial charge in [-0.25, -0.2) is 13.6 Å². The monoisotopic (exact) mass is 230 g/mol. The predicted octanol–water partition coefficient (Wildman–Crippen LogP) is 1.93. The Labute approximate surface area is 91.3 Å². The van der Waals surface area contributed by atoms with Crippen molar-refractivity contribution < 1.29 is 23.8 Å². The van der Waals surface area contributed by atoms with Crippen LogP contribution in [0, 0.1) is 11.6 Å². The van der Waals surface area contributed by atoms with E-state index in [1.807, 2.05) is 0 Å². The fraction of sp³-hybridized carbons (Fsp3) is 0.364. The van der Waals surface area contributed by atoms with Crippen LogP contribution in [-0.4, -0.2) is 22.8 Å². The number of hydrogen-bond acceptors (Lipinski definition) is 2. The summed E-state index contributed by atoms with van der Waals surface area (Å²) in [5, 5.41) is 17.6. The van der Waals surface area contributed by atoms with Crippen LogP contribution in [0.25, 0.3) is 0 Å². The molecule has 0 unspecified atom stereocenters. The summed E-state index contributed by atoms with van der Waals surface area (Å²) in [4.78, 5) is 10.6. The highest BCUT2D eigenvalue weighted by molar-refractivity contribution is 5.87. The first-order valence-electron chi connectivity index (χ1n) is 4.63. The zero-order valence-corrected chi connectivity index (χ0v) is 8.92. The third-order valence-corrected chi connectivity index (χ3v) is 2.36. The van der Waals surface area contributed by atoms with Crippen molar-refractivity contribution in [1.82, 2.24) is 0 Å². The Balaban J connectivity index is 3.39. The van der Waals surface area contributed by atoms with Gasteiger partial charge < -0.3 is 10.2 Å². The van der Waals surface area contributed by atoms with Gasteiger partial charge in [-0.2, -0.15) is 0 Å². The van der Waals surface area contributed by atoms with Gasteiger partial charge in [0.1, 0.15) is 11.6 Å². The molecule has 88 valence electrons. The minimum absolute atomic E-state index is 0.306. The molecule has 0 amide bonds. The standard InChI is InChI=1S/C11H12F2O3/c1-11(2,5-14)9-7(12)3-6(10(15)16)4-8(9)13/h3-4,14H,5H2,1-2H3,(H,15,16). The number of carbonyl (C=O) groups is 1. The number of aromatic carboxylic acids is 1. The topological polar surface area (TPSA) is 57.5 Å². The van der Waals surface area contributed by atoms with Gasteiger partial charge in [0.2, 0.25) is 0 Å². The summed E-state index contributed by atoms with van der Waals surface area (Å²) in [7, 11) is 0. The second-order valence-electron chi connectivity index (χ2n) is 4.16. The highest BCUT2D eigenvalue weighted by Crippen LogP contribution is 2.28. The molecule has 2 N–H and O–H groups in total. The largest absolute Gasteiger partial charge is 0.478 e. The first kappa shape index (κ1) is 12.6. The minimum atomic E-state index is -1.40. The van der Waals surface area contributed by atoms with Gasteiger partial charge >= 0.3 is 5.97 Å². The van der Waals surface area contributed by atoms with Crippen LogP contribution in [-0.2, 0) is 5.41 Å². The molecular weight excluding hydrogens is 218 g/mol. The first-order chi connectivity index (χ1) is 7.29. The van der Waals surface area contributed by atoms with Crippen molar-refractivity contribution in [3.63, 3.8) is 0 Å². The van der Waals surface area contributed by atoms with Gasteiger partial charge in [-0.15, -0.1) is 0 Å². The molecule has 0 aromatic heterocycles. The summed E-state index contributed by atoms with van der Waals surface area (Å²) in [5.74, 6) is -3.32. The van der Waals surface area contributed by atoms with E-state index in [1.54, 1.807) is 0 Å². The third-order valence-electron chi connectivity index (χ3n) is 2.36. The molecule has 1 aromatic rings. The number of rotatable bonds is 3. The van der Waals surface area contributed by atoms with E-state index in [1.165, 1.54) is 13.8 Å². The van der Waals surface area contributed by atoms with Crippen LogP contribution < -0.4 is 0 Å². The minimum Gasteiger partial charge on any atom is -0.478 e. The maximum absolute atomic E-state index is 13.5. The molecule has 0 heterocycles. The van der Waals surface area contributed by atoms with Crippen LogP contribution in [0.5, 0.6) is 0 Å². The van der Waals surface area contributed by atoms with Crippen LogP contribution in [0.15, 0.2) is 12.1 Å². The molecule has 0 aliphatic carbocycles. The molecule has 1 aromatic carbocycles. The molecule has 0 saturated heterocycles. The van der Waals surface area contributed by atoms with Gasteiger partial charge in [-0.3, -0.25) is 0 Å². The van der Waals surface area contributed by atoms with Crippen LogP contribution in [0.2, 0.25) is 0 Å². The zero-order valence-electron chi connectivity index (χ0n) is 8.92. The fourth-order valence-corrected chi connectivity index (χ4v) is 1.42. The van der Waals surface area contributed by atoms with Crippen LogP contribution in [0.4, 0.5) is 8.78 Å². The number of aliphatic hydroxyl groups excluding tert-OH is 1. The normalized spacial score (nSPS) is 11.6. The van der Waals surface area contributed by atoms with E-state index < -0.39 is 35.2 Å². The summed E-state index contributed by atoms with van der Waals surface area (Å²) in [6.07, 6.45) is 0. The van der Waals surface area contributed by atoms with Crippen LogP contribution in [0.3, 0.4) is 0 Å². The lowest BCUT2D eigenvalue weighted by molar-refractivity contribution is 0.0695. The van der Waals surface area contributed by atoms with E-state index in [9.17, 15) is 13.6 Å².